The normalized spacial score (nSPS) is 22.5. The molecule has 0 aromatic heterocycles. The summed E-state index contributed by atoms with van der Waals surface area (Å²) in [5, 5.41) is 29.7. The molecule has 0 radical (unpaired) electrons. The fraction of sp³-hybridized carbons (Fsp3) is 0.967. The Labute approximate surface area is 226 Å². The van der Waals surface area contributed by atoms with E-state index in [9.17, 15) is 15.0 Å². The van der Waals surface area contributed by atoms with Crippen LogP contribution in [0.15, 0.2) is 0 Å². The Balaban J connectivity index is 2.25. The van der Waals surface area contributed by atoms with Crippen molar-refractivity contribution in [3.05, 3.63) is 0 Å². The summed E-state index contributed by atoms with van der Waals surface area (Å²) in [6, 6.07) is 0. The summed E-state index contributed by atoms with van der Waals surface area (Å²) in [7, 11) is 0. The number of carboxylic acid groups (broad SMARTS) is 1. The van der Waals surface area contributed by atoms with Crippen molar-refractivity contribution < 1.29 is 34.3 Å². The summed E-state index contributed by atoms with van der Waals surface area (Å²) in [4.78, 5) is 11.2. The SMILES string of the molecule is CCCCCCCCCCCCOC1O[C@H]([C@H](O)C(=O)O)[C@H](O)[C@@H]1OCCCCCCCCCCCC. The average molecular weight is 531 g/mol. The highest BCUT2D eigenvalue weighted by Crippen LogP contribution is 2.28. The van der Waals surface area contributed by atoms with Crippen LogP contribution in [0.1, 0.15) is 142 Å². The summed E-state index contributed by atoms with van der Waals surface area (Å²) in [6.45, 7) is 5.39. The number of carbonyl (C=O) groups is 1. The summed E-state index contributed by atoms with van der Waals surface area (Å²) in [5.41, 5.74) is 0. The van der Waals surface area contributed by atoms with Crippen LogP contribution < -0.4 is 0 Å². The summed E-state index contributed by atoms with van der Waals surface area (Å²) >= 11 is 0. The molecule has 0 bridgehead atoms. The van der Waals surface area contributed by atoms with Crippen LogP contribution in [0.4, 0.5) is 0 Å². The number of carboxylic acids is 1. The highest BCUT2D eigenvalue weighted by Gasteiger charge is 2.50. The lowest BCUT2D eigenvalue weighted by molar-refractivity contribution is -0.192. The maximum Gasteiger partial charge on any atom is 0.335 e. The van der Waals surface area contributed by atoms with Crippen LogP contribution >= 0.6 is 0 Å². The first-order chi connectivity index (χ1) is 18.0. The maximum absolute atomic E-state index is 11.2. The Bertz CT molecular complexity index is 530. The van der Waals surface area contributed by atoms with E-state index in [4.69, 9.17) is 19.3 Å². The predicted molar refractivity (Wildman–Crippen MR) is 148 cm³/mol. The van der Waals surface area contributed by atoms with E-state index < -0.39 is 36.7 Å². The smallest absolute Gasteiger partial charge is 0.335 e. The number of ether oxygens (including phenoxy) is 3. The van der Waals surface area contributed by atoms with Crippen molar-refractivity contribution in [2.45, 2.75) is 173 Å². The summed E-state index contributed by atoms with van der Waals surface area (Å²) in [6.07, 6.45) is 18.5. The lowest BCUT2D eigenvalue weighted by atomic mass is 10.1. The molecule has 0 aromatic rings. The molecule has 1 aliphatic rings. The van der Waals surface area contributed by atoms with Crippen molar-refractivity contribution in [3.63, 3.8) is 0 Å². The highest BCUT2D eigenvalue weighted by molar-refractivity contribution is 5.73. The van der Waals surface area contributed by atoms with E-state index in [1.807, 2.05) is 0 Å². The molecule has 0 saturated carbocycles. The van der Waals surface area contributed by atoms with Crippen LogP contribution in [0.25, 0.3) is 0 Å². The summed E-state index contributed by atoms with van der Waals surface area (Å²) in [5.74, 6) is -1.42. The molecule has 7 heteroatoms. The zero-order chi connectivity index (χ0) is 27.1. The van der Waals surface area contributed by atoms with Gasteiger partial charge in [0.1, 0.15) is 18.3 Å². The summed E-state index contributed by atoms with van der Waals surface area (Å²) < 4.78 is 17.4. The quantitative estimate of drug-likeness (QED) is 0.106. The van der Waals surface area contributed by atoms with Gasteiger partial charge in [-0.05, 0) is 12.8 Å². The molecule has 5 atom stereocenters. The first-order valence-corrected chi connectivity index (χ1v) is 15.5. The van der Waals surface area contributed by atoms with Crippen molar-refractivity contribution in [2.24, 2.45) is 0 Å². The molecule has 0 spiro atoms. The maximum atomic E-state index is 11.2. The number of hydrogen-bond acceptors (Lipinski definition) is 6. The molecule has 220 valence electrons. The fourth-order valence-corrected chi connectivity index (χ4v) is 4.97. The molecule has 1 unspecified atom stereocenters. The van der Waals surface area contributed by atoms with Gasteiger partial charge in [-0.25, -0.2) is 4.79 Å². The Morgan fingerprint density at radius 3 is 1.46 bits per heavy atom. The van der Waals surface area contributed by atoms with Crippen molar-refractivity contribution in [2.75, 3.05) is 13.2 Å². The first-order valence-electron chi connectivity index (χ1n) is 15.5. The van der Waals surface area contributed by atoms with E-state index in [1.54, 1.807) is 0 Å². The van der Waals surface area contributed by atoms with Gasteiger partial charge >= 0.3 is 5.97 Å². The van der Waals surface area contributed by atoms with Crippen molar-refractivity contribution in [3.8, 4) is 0 Å². The third-order valence-electron chi connectivity index (χ3n) is 7.39. The second kappa shape index (κ2) is 23.2. The molecule has 37 heavy (non-hydrogen) atoms. The van der Waals surface area contributed by atoms with E-state index in [1.165, 1.54) is 103 Å². The van der Waals surface area contributed by atoms with Crippen LogP contribution in [0.5, 0.6) is 0 Å². The second-order valence-electron chi connectivity index (χ2n) is 10.8. The Morgan fingerprint density at radius 2 is 1.05 bits per heavy atom. The third kappa shape index (κ3) is 16.1. The number of unbranched alkanes of at least 4 members (excludes halogenated alkanes) is 18. The molecule has 1 saturated heterocycles. The minimum Gasteiger partial charge on any atom is -0.479 e. The van der Waals surface area contributed by atoms with Gasteiger partial charge in [-0.2, -0.15) is 0 Å². The molecular weight excluding hydrogens is 472 g/mol. The number of aliphatic carboxylic acids is 1. The van der Waals surface area contributed by atoms with Crippen LogP contribution in [-0.2, 0) is 19.0 Å². The third-order valence-corrected chi connectivity index (χ3v) is 7.39. The van der Waals surface area contributed by atoms with Crippen molar-refractivity contribution >= 4 is 5.97 Å². The van der Waals surface area contributed by atoms with E-state index in [-0.39, 0.29) is 0 Å². The molecule has 7 nitrogen and oxygen atoms in total. The lowest BCUT2D eigenvalue weighted by Gasteiger charge is -2.21. The molecule has 0 aliphatic carbocycles. The van der Waals surface area contributed by atoms with Gasteiger partial charge in [0.15, 0.2) is 12.4 Å². The number of aliphatic hydroxyl groups excluding tert-OH is 2. The molecule has 0 amide bonds. The van der Waals surface area contributed by atoms with Crippen molar-refractivity contribution in [1.82, 2.24) is 0 Å². The molecule has 3 N–H and O–H groups in total. The van der Waals surface area contributed by atoms with Gasteiger partial charge in [-0.1, -0.05) is 129 Å². The van der Waals surface area contributed by atoms with Crippen LogP contribution in [-0.4, -0.2) is 65.2 Å². The Morgan fingerprint density at radius 1 is 0.676 bits per heavy atom. The minimum absolute atomic E-state index is 0.454. The van der Waals surface area contributed by atoms with Gasteiger partial charge in [-0.3, -0.25) is 0 Å². The van der Waals surface area contributed by atoms with E-state index in [2.05, 4.69) is 13.8 Å². The monoisotopic (exact) mass is 530 g/mol. The number of hydrogen-bond donors (Lipinski definition) is 3. The average Bonchev–Trinajstić information content (AvgIpc) is 3.20. The molecular formula is C30H58O7. The molecule has 1 fully saturated rings. The first kappa shape index (κ1) is 34.3. The van der Waals surface area contributed by atoms with E-state index in [0.29, 0.717) is 13.2 Å². The number of aliphatic hydroxyl groups is 2. The Hall–Kier alpha value is -0.730. The standard InChI is InChI=1S/C30H58O7/c1-3-5-7-9-11-13-15-17-19-21-23-35-28-25(31)27(26(32)29(33)34)37-30(28)36-24-22-20-18-16-14-12-10-8-6-4-2/h25-28,30-32H,3-24H2,1-2H3,(H,33,34)/t25-,26-,27-,28-,30?/m0/s1. The minimum atomic E-state index is -1.82. The molecule has 0 aromatic carbocycles. The van der Waals surface area contributed by atoms with Crippen LogP contribution in [0.3, 0.4) is 0 Å². The molecule has 1 rings (SSSR count). The van der Waals surface area contributed by atoms with E-state index >= 15 is 0 Å². The predicted octanol–water partition coefficient (Wildman–Crippen LogP) is 6.76. The van der Waals surface area contributed by atoms with Crippen molar-refractivity contribution in [1.29, 1.82) is 0 Å². The lowest BCUT2D eigenvalue weighted by Crippen LogP contribution is -2.43. The van der Waals surface area contributed by atoms with E-state index in [0.717, 1.165) is 25.7 Å². The van der Waals surface area contributed by atoms with Gasteiger partial charge in [0, 0.05) is 13.2 Å². The number of rotatable bonds is 26. The zero-order valence-electron chi connectivity index (χ0n) is 23.9. The highest BCUT2D eigenvalue weighted by atomic mass is 16.7. The van der Waals surface area contributed by atoms with Gasteiger partial charge in [0.05, 0.1) is 0 Å². The topological polar surface area (TPSA) is 105 Å². The van der Waals surface area contributed by atoms with Gasteiger partial charge in [-0.15, -0.1) is 0 Å². The van der Waals surface area contributed by atoms with Crippen LogP contribution in [0, 0.1) is 0 Å². The van der Waals surface area contributed by atoms with Gasteiger partial charge < -0.3 is 29.5 Å². The molecule has 1 heterocycles. The fourth-order valence-electron chi connectivity index (χ4n) is 4.97. The zero-order valence-corrected chi connectivity index (χ0v) is 23.9. The van der Waals surface area contributed by atoms with Gasteiger partial charge in [0.25, 0.3) is 0 Å². The second-order valence-corrected chi connectivity index (χ2v) is 10.8. The largest absolute Gasteiger partial charge is 0.479 e. The molecule has 1 aliphatic heterocycles. The Kier molecular flexibility index (Phi) is 21.5. The van der Waals surface area contributed by atoms with Crippen LogP contribution in [0.2, 0.25) is 0 Å². The van der Waals surface area contributed by atoms with Gasteiger partial charge in [0.2, 0.25) is 0 Å².